The van der Waals surface area contributed by atoms with Crippen molar-refractivity contribution in [3.05, 3.63) is 18.2 Å². The number of nitrogens with two attached hydrogens (primary N) is 1. The summed E-state index contributed by atoms with van der Waals surface area (Å²) in [7, 11) is 0. The minimum absolute atomic E-state index is 0.0521. The van der Waals surface area contributed by atoms with Gasteiger partial charge >= 0.3 is 5.97 Å². The van der Waals surface area contributed by atoms with Crippen LogP contribution in [0.5, 0.6) is 0 Å². The first-order valence-corrected chi connectivity index (χ1v) is 6.93. The van der Waals surface area contributed by atoms with Crippen LogP contribution in [-0.4, -0.2) is 39.5 Å². The topological polar surface area (TPSA) is 121 Å². The van der Waals surface area contributed by atoms with Crippen molar-refractivity contribution in [1.82, 2.24) is 15.3 Å². The zero-order valence-electron chi connectivity index (χ0n) is 12.7. The second-order valence-corrected chi connectivity index (χ2v) is 6.38. The zero-order chi connectivity index (χ0) is 16.0. The van der Waals surface area contributed by atoms with Crippen molar-refractivity contribution in [3.8, 4) is 0 Å². The molecule has 0 radical (unpaired) electrons. The summed E-state index contributed by atoms with van der Waals surface area (Å²) >= 11 is 0. The highest BCUT2D eigenvalue weighted by Gasteiger charge is 2.28. The Kier molecular flexibility index (Phi) is 5.90. The van der Waals surface area contributed by atoms with Crippen LogP contribution in [0.2, 0.25) is 0 Å². The molecule has 1 heterocycles. The van der Waals surface area contributed by atoms with Gasteiger partial charge in [-0.25, -0.2) is 9.78 Å². The molecular weight excluding hydrogens is 272 g/mol. The summed E-state index contributed by atoms with van der Waals surface area (Å²) < 4.78 is 0. The summed E-state index contributed by atoms with van der Waals surface area (Å²) in [5, 5.41) is 11.8. The van der Waals surface area contributed by atoms with Crippen molar-refractivity contribution in [2.75, 3.05) is 6.54 Å². The Morgan fingerprint density at radius 1 is 1.48 bits per heavy atom. The van der Waals surface area contributed by atoms with Gasteiger partial charge in [-0.1, -0.05) is 20.8 Å². The van der Waals surface area contributed by atoms with Crippen LogP contribution in [0.3, 0.4) is 0 Å². The number of nitrogens with zero attached hydrogens (tertiary/aromatic N) is 1. The van der Waals surface area contributed by atoms with Crippen molar-refractivity contribution in [2.45, 2.75) is 39.7 Å². The summed E-state index contributed by atoms with van der Waals surface area (Å²) in [4.78, 5) is 30.2. The number of rotatable bonds is 7. The molecule has 0 saturated heterocycles. The van der Waals surface area contributed by atoms with Crippen LogP contribution in [-0.2, 0) is 16.0 Å². The average molecular weight is 296 g/mol. The molecule has 1 aromatic rings. The van der Waals surface area contributed by atoms with Crippen LogP contribution in [0.15, 0.2) is 12.5 Å². The Morgan fingerprint density at radius 3 is 2.57 bits per heavy atom. The molecule has 0 fully saturated rings. The summed E-state index contributed by atoms with van der Waals surface area (Å²) in [5.41, 5.74) is 6.25. The van der Waals surface area contributed by atoms with E-state index >= 15 is 0 Å². The lowest BCUT2D eigenvalue weighted by Crippen LogP contribution is -2.47. The number of carboxylic acids is 1. The molecule has 5 N–H and O–H groups in total. The fraction of sp³-hybridized carbons (Fsp3) is 0.643. The Balaban J connectivity index is 2.69. The van der Waals surface area contributed by atoms with E-state index in [1.807, 2.05) is 20.8 Å². The van der Waals surface area contributed by atoms with Crippen molar-refractivity contribution >= 4 is 11.9 Å². The number of amides is 1. The molecule has 118 valence electrons. The Labute approximate surface area is 124 Å². The lowest BCUT2D eigenvalue weighted by atomic mass is 9.84. The van der Waals surface area contributed by atoms with Gasteiger partial charge in [0.15, 0.2) is 0 Å². The SMILES string of the molecule is CC(C)(C)CC(CN)C(=O)N[C@@H](Cc1cnc[nH]1)C(=O)O. The summed E-state index contributed by atoms with van der Waals surface area (Å²) in [6.45, 7) is 6.24. The van der Waals surface area contributed by atoms with Gasteiger partial charge in [0.05, 0.1) is 12.2 Å². The van der Waals surface area contributed by atoms with E-state index in [1.165, 1.54) is 12.5 Å². The molecule has 7 nitrogen and oxygen atoms in total. The number of carbonyl (C=O) groups is 2. The predicted molar refractivity (Wildman–Crippen MR) is 78.5 cm³/mol. The molecule has 0 aliphatic carbocycles. The van der Waals surface area contributed by atoms with Crippen LogP contribution in [0.25, 0.3) is 0 Å². The molecular formula is C14H24N4O3. The molecule has 0 aliphatic heterocycles. The van der Waals surface area contributed by atoms with Crippen LogP contribution < -0.4 is 11.1 Å². The maximum Gasteiger partial charge on any atom is 0.326 e. The van der Waals surface area contributed by atoms with Gasteiger partial charge < -0.3 is 21.1 Å². The Morgan fingerprint density at radius 2 is 2.14 bits per heavy atom. The quantitative estimate of drug-likeness (QED) is 0.585. The maximum absolute atomic E-state index is 12.2. The van der Waals surface area contributed by atoms with E-state index in [0.717, 1.165) is 0 Å². The van der Waals surface area contributed by atoms with E-state index in [2.05, 4.69) is 15.3 Å². The molecule has 0 spiro atoms. The summed E-state index contributed by atoms with van der Waals surface area (Å²) in [6, 6.07) is -0.994. The van der Waals surface area contributed by atoms with Gasteiger partial charge in [-0.2, -0.15) is 0 Å². The first kappa shape index (κ1) is 17.2. The van der Waals surface area contributed by atoms with E-state index in [-0.39, 0.29) is 24.3 Å². The van der Waals surface area contributed by atoms with Crippen molar-refractivity contribution < 1.29 is 14.7 Å². The van der Waals surface area contributed by atoms with Gasteiger partial charge in [0, 0.05) is 24.9 Å². The van der Waals surface area contributed by atoms with Gasteiger partial charge in [0.25, 0.3) is 0 Å². The first-order chi connectivity index (χ1) is 9.73. The molecule has 1 unspecified atom stereocenters. The molecule has 0 aliphatic rings. The van der Waals surface area contributed by atoms with Crippen LogP contribution in [0.4, 0.5) is 0 Å². The summed E-state index contributed by atoms with van der Waals surface area (Å²) in [6.07, 6.45) is 3.77. The van der Waals surface area contributed by atoms with Crippen molar-refractivity contribution in [2.24, 2.45) is 17.1 Å². The van der Waals surface area contributed by atoms with Gasteiger partial charge in [0.2, 0.25) is 5.91 Å². The van der Waals surface area contributed by atoms with Crippen molar-refractivity contribution in [1.29, 1.82) is 0 Å². The average Bonchev–Trinajstić information content (AvgIpc) is 2.86. The first-order valence-electron chi connectivity index (χ1n) is 6.93. The maximum atomic E-state index is 12.2. The Hall–Kier alpha value is -1.89. The molecule has 0 saturated carbocycles. The highest BCUT2D eigenvalue weighted by molar-refractivity contribution is 5.85. The van der Waals surface area contributed by atoms with Gasteiger partial charge in [0.1, 0.15) is 6.04 Å². The molecule has 0 aromatic carbocycles. The highest BCUT2D eigenvalue weighted by atomic mass is 16.4. The van der Waals surface area contributed by atoms with E-state index in [9.17, 15) is 14.7 Å². The number of hydrogen-bond donors (Lipinski definition) is 4. The predicted octanol–water partition coefficient (Wildman–Crippen LogP) is 0.533. The number of aliphatic carboxylic acids is 1. The number of carboxylic acid groups (broad SMARTS) is 1. The lowest BCUT2D eigenvalue weighted by molar-refractivity contribution is -0.142. The highest BCUT2D eigenvalue weighted by Crippen LogP contribution is 2.24. The number of hydrogen-bond acceptors (Lipinski definition) is 4. The van der Waals surface area contributed by atoms with Gasteiger partial charge in [-0.15, -0.1) is 0 Å². The van der Waals surface area contributed by atoms with Crippen LogP contribution >= 0.6 is 0 Å². The van der Waals surface area contributed by atoms with Crippen LogP contribution in [0.1, 0.15) is 32.9 Å². The molecule has 7 heteroatoms. The second kappa shape index (κ2) is 7.21. The van der Waals surface area contributed by atoms with E-state index in [0.29, 0.717) is 12.1 Å². The largest absolute Gasteiger partial charge is 0.480 e. The fourth-order valence-electron chi connectivity index (χ4n) is 2.13. The second-order valence-electron chi connectivity index (χ2n) is 6.38. The molecule has 1 aromatic heterocycles. The normalized spacial score (nSPS) is 14.5. The van der Waals surface area contributed by atoms with E-state index < -0.39 is 17.9 Å². The monoisotopic (exact) mass is 296 g/mol. The third kappa shape index (κ3) is 5.95. The zero-order valence-corrected chi connectivity index (χ0v) is 12.7. The molecule has 21 heavy (non-hydrogen) atoms. The number of carbonyl (C=O) groups excluding carboxylic acids is 1. The third-order valence-corrected chi connectivity index (χ3v) is 3.11. The Bertz CT molecular complexity index is 465. The molecule has 2 atom stereocenters. The van der Waals surface area contributed by atoms with E-state index in [4.69, 9.17) is 5.73 Å². The van der Waals surface area contributed by atoms with E-state index in [1.54, 1.807) is 0 Å². The van der Waals surface area contributed by atoms with Gasteiger partial charge in [-0.05, 0) is 11.8 Å². The fourth-order valence-corrected chi connectivity index (χ4v) is 2.13. The lowest BCUT2D eigenvalue weighted by Gasteiger charge is -2.25. The number of aromatic amines is 1. The number of H-pyrrole nitrogens is 1. The van der Waals surface area contributed by atoms with Crippen LogP contribution in [0, 0.1) is 11.3 Å². The molecule has 1 amide bonds. The molecule has 1 rings (SSSR count). The number of imidazole rings is 1. The van der Waals surface area contributed by atoms with Crippen molar-refractivity contribution in [3.63, 3.8) is 0 Å². The molecule has 0 bridgehead atoms. The third-order valence-electron chi connectivity index (χ3n) is 3.11. The standard InChI is InChI=1S/C14H24N4O3/c1-14(2,3)5-9(6-15)12(19)18-11(13(20)21)4-10-7-16-8-17-10/h7-9,11H,4-6,15H2,1-3H3,(H,16,17)(H,18,19)(H,20,21)/t9?,11-/m0/s1. The summed E-state index contributed by atoms with van der Waals surface area (Å²) in [5.74, 6) is -1.79. The number of aromatic nitrogens is 2. The number of nitrogens with one attached hydrogen (secondary N) is 2. The minimum Gasteiger partial charge on any atom is -0.480 e. The minimum atomic E-state index is -1.08. The smallest absolute Gasteiger partial charge is 0.326 e. The van der Waals surface area contributed by atoms with Gasteiger partial charge in [-0.3, -0.25) is 4.79 Å².